The topological polar surface area (TPSA) is 43.9 Å². The van der Waals surface area contributed by atoms with Crippen molar-refractivity contribution in [2.45, 2.75) is 45.2 Å². The van der Waals surface area contributed by atoms with Crippen molar-refractivity contribution in [2.75, 3.05) is 33.2 Å². The van der Waals surface area contributed by atoms with Crippen LogP contribution in [0.2, 0.25) is 0 Å². The fourth-order valence-corrected chi connectivity index (χ4v) is 5.00. The molecule has 0 N–H and O–H groups in total. The lowest BCUT2D eigenvalue weighted by atomic mass is 9.77. The molecule has 0 radical (unpaired) electrons. The maximum atomic E-state index is 13.3. The van der Waals surface area contributed by atoms with Crippen molar-refractivity contribution in [3.8, 4) is 0 Å². The Morgan fingerprint density at radius 3 is 2.50 bits per heavy atom. The summed E-state index contributed by atoms with van der Waals surface area (Å²) in [5, 5.41) is 0. The van der Waals surface area contributed by atoms with Gasteiger partial charge in [0.25, 0.3) is 0 Å². The minimum Gasteiger partial charge on any atom is -0.345 e. The van der Waals surface area contributed by atoms with E-state index in [1.54, 1.807) is 0 Å². The average Bonchev–Trinajstić information content (AvgIpc) is 2.93. The molecule has 4 rings (SSSR count). The van der Waals surface area contributed by atoms with Gasteiger partial charge in [0.05, 0.1) is 6.04 Å². The SMILES string of the molecule is CCN1Cc2ccccc2C[C@H]1C(=O)N1CCC2(CC1)CC(=O)N(C)C2. The first kappa shape index (κ1) is 17.5. The van der Waals surface area contributed by atoms with Crippen LogP contribution in [0.15, 0.2) is 24.3 Å². The second-order valence-corrected chi connectivity index (χ2v) is 8.30. The lowest BCUT2D eigenvalue weighted by Crippen LogP contribution is -2.54. The molecule has 1 spiro atoms. The molecule has 140 valence electrons. The van der Waals surface area contributed by atoms with Crippen molar-refractivity contribution in [1.29, 1.82) is 0 Å². The lowest BCUT2D eigenvalue weighted by Gasteiger charge is -2.42. The number of rotatable bonds is 2. The Morgan fingerprint density at radius 2 is 1.88 bits per heavy atom. The van der Waals surface area contributed by atoms with Gasteiger partial charge in [-0.1, -0.05) is 31.2 Å². The molecule has 0 aromatic heterocycles. The van der Waals surface area contributed by atoms with Crippen LogP contribution in [-0.2, 0) is 22.6 Å². The van der Waals surface area contributed by atoms with Crippen LogP contribution in [0.4, 0.5) is 0 Å². The average molecular weight is 355 g/mol. The molecule has 26 heavy (non-hydrogen) atoms. The van der Waals surface area contributed by atoms with Crippen LogP contribution in [0.5, 0.6) is 0 Å². The van der Waals surface area contributed by atoms with Crippen molar-refractivity contribution < 1.29 is 9.59 Å². The molecule has 1 aromatic carbocycles. The predicted octanol–water partition coefficient (Wildman–Crippen LogP) is 1.90. The molecule has 5 heteroatoms. The van der Waals surface area contributed by atoms with Crippen molar-refractivity contribution in [1.82, 2.24) is 14.7 Å². The van der Waals surface area contributed by atoms with Gasteiger partial charge in [0, 0.05) is 45.1 Å². The van der Waals surface area contributed by atoms with Gasteiger partial charge in [0.1, 0.15) is 0 Å². The van der Waals surface area contributed by atoms with Crippen molar-refractivity contribution in [2.24, 2.45) is 5.41 Å². The van der Waals surface area contributed by atoms with Gasteiger partial charge in [0.15, 0.2) is 0 Å². The summed E-state index contributed by atoms with van der Waals surface area (Å²) in [5.41, 5.74) is 2.77. The molecule has 5 nitrogen and oxygen atoms in total. The van der Waals surface area contributed by atoms with Crippen LogP contribution in [0.25, 0.3) is 0 Å². The fraction of sp³-hybridized carbons (Fsp3) is 0.619. The van der Waals surface area contributed by atoms with Gasteiger partial charge in [-0.3, -0.25) is 14.5 Å². The maximum absolute atomic E-state index is 13.3. The Labute approximate surface area is 155 Å². The standard InChI is InChI=1S/C21H29N3O2/c1-3-23-14-17-7-5-4-6-16(17)12-18(23)20(26)24-10-8-21(9-11-24)13-19(25)22(2)15-21/h4-7,18H,3,8-15H2,1-2H3/t18-/m0/s1. The Hall–Kier alpha value is -1.88. The van der Waals surface area contributed by atoms with Crippen LogP contribution < -0.4 is 0 Å². The molecule has 0 unspecified atom stereocenters. The number of hydrogen-bond donors (Lipinski definition) is 0. The van der Waals surface area contributed by atoms with Crippen LogP contribution >= 0.6 is 0 Å². The number of fused-ring (bicyclic) bond motifs is 1. The second kappa shape index (κ2) is 6.69. The van der Waals surface area contributed by atoms with Gasteiger partial charge in [-0.2, -0.15) is 0 Å². The number of amides is 2. The zero-order valence-electron chi connectivity index (χ0n) is 15.9. The number of likely N-dealkylation sites (tertiary alicyclic amines) is 2. The molecule has 1 atom stereocenters. The maximum Gasteiger partial charge on any atom is 0.240 e. The summed E-state index contributed by atoms with van der Waals surface area (Å²) in [5.74, 6) is 0.528. The molecule has 3 aliphatic rings. The highest BCUT2D eigenvalue weighted by molar-refractivity contribution is 5.83. The molecule has 2 amide bonds. The Bertz CT molecular complexity index is 709. The molecular formula is C21H29N3O2. The highest BCUT2D eigenvalue weighted by Crippen LogP contribution is 2.40. The van der Waals surface area contributed by atoms with Crippen LogP contribution in [0.1, 0.15) is 37.3 Å². The van der Waals surface area contributed by atoms with Crippen LogP contribution in [-0.4, -0.2) is 65.8 Å². The summed E-state index contributed by atoms with van der Waals surface area (Å²) in [6.45, 7) is 6.32. The minimum absolute atomic E-state index is 0.0446. The normalized spacial score (nSPS) is 25.6. The van der Waals surface area contributed by atoms with E-state index in [-0.39, 0.29) is 23.3 Å². The van der Waals surface area contributed by atoms with Gasteiger partial charge < -0.3 is 9.80 Å². The third-order valence-electron chi connectivity index (χ3n) is 6.70. The van der Waals surface area contributed by atoms with E-state index in [9.17, 15) is 9.59 Å². The number of nitrogens with zero attached hydrogens (tertiary/aromatic N) is 3. The Morgan fingerprint density at radius 1 is 1.19 bits per heavy atom. The Balaban J connectivity index is 1.44. The zero-order chi connectivity index (χ0) is 18.3. The van der Waals surface area contributed by atoms with E-state index in [0.717, 1.165) is 52.0 Å². The van der Waals surface area contributed by atoms with Crippen LogP contribution in [0.3, 0.4) is 0 Å². The third kappa shape index (κ3) is 3.02. The lowest BCUT2D eigenvalue weighted by molar-refractivity contribution is -0.139. The summed E-state index contributed by atoms with van der Waals surface area (Å²) in [7, 11) is 1.90. The first-order chi connectivity index (χ1) is 12.5. The second-order valence-electron chi connectivity index (χ2n) is 8.30. The number of carbonyl (C=O) groups is 2. The Kier molecular flexibility index (Phi) is 4.51. The minimum atomic E-state index is -0.0446. The summed E-state index contributed by atoms with van der Waals surface area (Å²) in [6.07, 6.45) is 3.36. The molecule has 1 aromatic rings. The van der Waals surface area contributed by atoms with E-state index in [1.807, 2.05) is 11.9 Å². The summed E-state index contributed by atoms with van der Waals surface area (Å²) in [4.78, 5) is 31.4. The molecule has 0 saturated carbocycles. The number of piperidine rings is 1. The summed E-state index contributed by atoms with van der Waals surface area (Å²) < 4.78 is 0. The zero-order valence-corrected chi connectivity index (χ0v) is 15.9. The summed E-state index contributed by atoms with van der Waals surface area (Å²) in [6, 6.07) is 8.45. The monoisotopic (exact) mass is 355 g/mol. The van der Waals surface area contributed by atoms with E-state index in [1.165, 1.54) is 11.1 Å². The highest BCUT2D eigenvalue weighted by Gasteiger charge is 2.45. The molecule has 2 fully saturated rings. The smallest absolute Gasteiger partial charge is 0.240 e. The molecule has 3 heterocycles. The fourth-order valence-electron chi connectivity index (χ4n) is 5.00. The highest BCUT2D eigenvalue weighted by atomic mass is 16.2. The van der Waals surface area contributed by atoms with Gasteiger partial charge in [-0.05, 0) is 36.9 Å². The van der Waals surface area contributed by atoms with Crippen LogP contribution in [0, 0.1) is 5.41 Å². The quantitative estimate of drug-likeness (QED) is 0.814. The predicted molar refractivity (Wildman–Crippen MR) is 101 cm³/mol. The van der Waals surface area contributed by atoms with E-state index in [2.05, 4.69) is 41.0 Å². The first-order valence-corrected chi connectivity index (χ1v) is 9.85. The number of benzene rings is 1. The summed E-state index contributed by atoms with van der Waals surface area (Å²) >= 11 is 0. The largest absolute Gasteiger partial charge is 0.345 e. The van der Waals surface area contributed by atoms with Crippen molar-refractivity contribution >= 4 is 11.8 Å². The van der Waals surface area contributed by atoms with E-state index < -0.39 is 0 Å². The molecule has 3 aliphatic heterocycles. The number of likely N-dealkylation sites (N-methyl/N-ethyl adjacent to an activating group) is 1. The first-order valence-electron chi connectivity index (χ1n) is 9.85. The van der Waals surface area contributed by atoms with E-state index in [4.69, 9.17) is 0 Å². The third-order valence-corrected chi connectivity index (χ3v) is 6.70. The van der Waals surface area contributed by atoms with Gasteiger partial charge >= 0.3 is 0 Å². The molecule has 2 saturated heterocycles. The molecular weight excluding hydrogens is 326 g/mol. The van der Waals surface area contributed by atoms with Crippen molar-refractivity contribution in [3.63, 3.8) is 0 Å². The molecule has 0 aliphatic carbocycles. The van der Waals surface area contributed by atoms with E-state index in [0.29, 0.717) is 6.42 Å². The van der Waals surface area contributed by atoms with Gasteiger partial charge in [0.2, 0.25) is 11.8 Å². The van der Waals surface area contributed by atoms with E-state index >= 15 is 0 Å². The molecule has 0 bridgehead atoms. The van der Waals surface area contributed by atoms with Gasteiger partial charge in [-0.15, -0.1) is 0 Å². The number of hydrogen-bond acceptors (Lipinski definition) is 3. The van der Waals surface area contributed by atoms with Gasteiger partial charge in [-0.25, -0.2) is 0 Å². The van der Waals surface area contributed by atoms with Crippen molar-refractivity contribution in [3.05, 3.63) is 35.4 Å². The number of carbonyl (C=O) groups excluding carboxylic acids is 2.